The number of phenols is 1. The molecule has 128 valence electrons. The molecule has 0 amide bonds. The lowest BCUT2D eigenvalue weighted by atomic mass is 9.93. The lowest BCUT2D eigenvalue weighted by molar-refractivity contribution is 0.475. The first-order valence-electron chi connectivity index (χ1n) is 8.74. The van der Waals surface area contributed by atoms with Crippen LogP contribution >= 0.6 is 0 Å². The van der Waals surface area contributed by atoms with Crippen LogP contribution in [0.15, 0.2) is 42.5 Å². The third-order valence-electron chi connectivity index (χ3n) is 4.58. The number of allylic oxidation sites excluding steroid dienone is 1. The van der Waals surface area contributed by atoms with Gasteiger partial charge in [0.15, 0.2) is 0 Å². The van der Waals surface area contributed by atoms with Crippen LogP contribution in [0.4, 0.5) is 0 Å². The molecule has 0 saturated carbocycles. The molecule has 2 aromatic carbocycles. The van der Waals surface area contributed by atoms with E-state index in [0.29, 0.717) is 11.8 Å². The first kappa shape index (κ1) is 18.3. The van der Waals surface area contributed by atoms with Crippen molar-refractivity contribution >= 4 is 6.08 Å². The number of aryl methyl sites for hydroxylation is 1. The minimum atomic E-state index is 0.325. The highest BCUT2D eigenvalue weighted by molar-refractivity contribution is 5.59. The third-order valence-corrected chi connectivity index (χ3v) is 4.58. The van der Waals surface area contributed by atoms with E-state index in [4.69, 9.17) is 0 Å². The molecule has 24 heavy (non-hydrogen) atoms. The molecule has 0 bridgehead atoms. The van der Waals surface area contributed by atoms with E-state index in [-0.39, 0.29) is 0 Å². The summed E-state index contributed by atoms with van der Waals surface area (Å²) in [6.07, 6.45) is 6.34. The normalized spacial score (nSPS) is 12.7. The largest absolute Gasteiger partial charge is 0.508 e. The van der Waals surface area contributed by atoms with Gasteiger partial charge in [-0.05, 0) is 87.0 Å². The monoisotopic (exact) mass is 323 g/mol. The minimum absolute atomic E-state index is 0.325. The third kappa shape index (κ3) is 4.97. The maximum absolute atomic E-state index is 9.32. The summed E-state index contributed by atoms with van der Waals surface area (Å²) < 4.78 is 0. The van der Waals surface area contributed by atoms with Crippen molar-refractivity contribution < 1.29 is 5.11 Å². The van der Waals surface area contributed by atoms with Crippen LogP contribution < -0.4 is 5.32 Å². The summed E-state index contributed by atoms with van der Waals surface area (Å²) in [6, 6.07) is 12.4. The lowest BCUT2D eigenvalue weighted by Gasteiger charge is -2.18. The topological polar surface area (TPSA) is 32.3 Å². The van der Waals surface area contributed by atoms with Gasteiger partial charge >= 0.3 is 0 Å². The Bertz CT molecular complexity index is 686. The van der Waals surface area contributed by atoms with Crippen molar-refractivity contribution in [2.75, 3.05) is 6.54 Å². The fourth-order valence-electron chi connectivity index (χ4n) is 3.00. The van der Waals surface area contributed by atoms with Crippen LogP contribution in [0.3, 0.4) is 0 Å². The minimum Gasteiger partial charge on any atom is -0.508 e. The number of phenolic OH excluding ortho intramolecular Hbond substituents is 1. The van der Waals surface area contributed by atoms with Gasteiger partial charge in [-0.1, -0.05) is 36.4 Å². The number of nitrogens with one attached hydrogen (secondary N) is 1. The Morgan fingerprint density at radius 3 is 2.46 bits per heavy atom. The molecule has 0 aliphatic rings. The fraction of sp³-hybridized carbons (Fsp3) is 0.364. The Kier molecular flexibility index (Phi) is 6.62. The van der Waals surface area contributed by atoms with E-state index < -0.39 is 0 Å². The molecular weight excluding hydrogens is 294 g/mol. The molecule has 1 atom stereocenters. The van der Waals surface area contributed by atoms with E-state index in [1.165, 1.54) is 27.8 Å². The van der Waals surface area contributed by atoms with Crippen LogP contribution in [0.2, 0.25) is 0 Å². The predicted octanol–water partition coefficient (Wildman–Crippen LogP) is 4.81. The Hall–Kier alpha value is -2.06. The average molecular weight is 323 g/mol. The molecule has 2 rings (SSSR count). The van der Waals surface area contributed by atoms with E-state index in [1.54, 1.807) is 12.1 Å². The number of benzene rings is 2. The summed E-state index contributed by atoms with van der Waals surface area (Å²) in [4.78, 5) is 0. The Balaban J connectivity index is 1.93. The Labute approximate surface area is 146 Å². The van der Waals surface area contributed by atoms with Crippen molar-refractivity contribution in [2.24, 2.45) is 0 Å². The second kappa shape index (κ2) is 8.70. The summed E-state index contributed by atoms with van der Waals surface area (Å²) in [7, 11) is 0. The van der Waals surface area contributed by atoms with Crippen LogP contribution in [0.1, 0.15) is 41.7 Å². The first-order chi connectivity index (χ1) is 11.5. The number of hydrogen-bond donors (Lipinski definition) is 2. The highest BCUT2D eigenvalue weighted by Gasteiger charge is 2.09. The second-order valence-corrected chi connectivity index (χ2v) is 6.56. The zero-order chi connectivity index (χ0) is 17.5. The van der Waals surface area contributed by atoms with Gasteiger partial charge in [-0.3, -0.25) is 0 Å². The van der Waals surface area contributed by atoms with Gasteiger partial charge in [0.05, 0.1) is 0 Å². The van der Waals surface area contributed by atoms with E-state index in [9.17, 15) is 5.11 Å². The van der Waals surface area contributed by atoms with E-state index in [0.717, 1.165) is 19.4 Å². The number of hydrogen-bond acceptors (Lipinski definition) is 2. The van der Waals surface area contributed by atoms with Gasteiger partial charge in [-0.15, -0.1) is 0 Å². The first-order valence-corrected chi connectivity index (χ1v) is 8.74. The maximum atomic E-state index is 9.32. The molecule has 0 aromatic heterocycles. The molecule has 2 heteroatoms. The van der Waals surface area contributed by atoms with Crippen molar-refractivity contribution in [3.8, 4) is 5.75 Å². The van der Waals surface area contributed by atoms with Gasteiger partial charge in [-0.2, -0.15) is 0 Å². The van der Waals surface area contributed by atoms with Crippen molar-refractivity contribution in [2.45, 2.75) is 46.6 Å². The van der Waals surface area contributed by atoms with Gasteiger partial charge in [-0.25, -0.2) is 0 Å². The van der Waals surface area contributed by atoms with Crippen molar-refractivity contribution in [3.63, 3.8) is 0 Å². The highest BCUT2D eigenvalue weighted by Crippen LogP contribution is 2.21. The molecule has 0 aliphatic heterocycles. The highest BCUT2D eigenvalue weighted by atomic mass is 16.3. The second-order valence-electron chi connectivity index (χ2n) is 6.56. The molecule has 0 fully saturated rings. The average Bonchev–Trinajstić information content (AvgIpc) is 2.56. The quantitative estimate of drug-likeness (QED) is 0.766. The van der Waals surface area contributed by atoms with Crippen LogP contribution in [-0.4, -0.2) is 17.7 Å². The molecule has 0 aliphatic carbocycles. The summed E-state index contributed by atoms with van der Waals surface area (Å²) >= 11 is 0. The van der Waals surface area contributed by atoms with E-state index >= 15 is 0 Å². The molecule has 2 nitrogen and oxygen atoms in total. The van der Waals surface area contributed by atoms with Crippen LogP contribution in [0.5, 0.6) is 5.75 Å². The lowest BCUT2D eigenvalue weighted by Crippen LogP contribution is -2.30. The summed E-state index contributed by atoms with van der Waals surface area (Å²) in [6.45, 7) is 9.63. The molecular formula is C22H29NO. The summed E-state index contributed by atoms with van der Waals surface area (Å²) in [5.41, 5.74) is 6.74. The zero-order valence-corrected chi connectivity index (χ0v) is 15.3. The van der Waals surface area contributed by atoms with Gasteiger partial charge in [0, 0.05) is 6.04 Å². The van der Waals surface area contributed by atoms with Crippen LogP contribution in [0, 0.1) is 13.8 Å². The van der Waals surface area contributed by atoms with Gasteiger partial charge in [0.25, 0.3) is 0 Å². The number of aromatic hydroxyl groups is 1. The van der Waals surface area contributed by atoms with Gasteiger partial charge in [0.2, 0.25) is 0 Å². The molecule has 0 heterocycles. The maximum Gasteiger partial charge on any atom is 0.115 e. The van der Waals surface area contributed by atoms with Crippen LogP contribution in [0.25, 0.3) is 6.08 Å². The Morgan fingerprint density at radius 1 is 1.08 bits per heavy atom. The predicted molar refractivity (Wildman–Crippen MR) is 104 cm³/mol. The molecule has 2 aromatic rings. The SMILES string of the molecule is C/C=C\c1c(CC(C)NCCc2ccc(O)cc2)ccc(C)c1C. The standard InChI is InChI=1S/C22H29NO/c1-5-6-22-18(4)16(2)7-10-20(22)15-17(3)23-14-13-19-8-11-21(24)12-9-19/h5-12,17,23-24H,13-15H2,1-4H3/b6-5-. The van der Waals surface area contributed by atoms with Gasteiger partial charge < -0.3 is 10.4 Å². The summed E-state index contributed by atoms with van der Waals surface area (Å²) in [5, 5.41) is 12.9. The molecule has 0 saturated heterocycles. The zero-order valence-electron chi connectivity index (χ0n) is 15.3. The molecule has 2 N–H and O–H groups in total. The van der Waals surface area contributed by atoms with E-state index in [1.807, 2.05) is 12.1 Å². The van der Waals surface area contributed by atoms with Crippen LogP contribution in [-0.2, 0) is 12.8 Å². The van der Waals surface area contributed by atoms with E-state index in [2.05, 4.69) is 57.3 Å². The van der Waals surface area contributed by atoms with Crippen molar-refractivity contribution in [1.29, 1.82) is 0 Å². The number of rotatable bonds is 7. The summed E-state index contributed by atoms with van der Waals surface area (Å²) in [5.74, 6) is 0.325. The molecule has 0 radical (unpaired) electrons. The van der Waals surface area contributed by atoms with Gasteiger partial charge in [0.1, 0.15) is 5.75 Å². The molecule has 0 spiro atoms. The fourth-order valence-corrected chi connectivity index (χ4v) is 3.00. The van der Waals surface area contributed by atoms with Crippen molar-refractivity contribution in [1.82, 2.24) is 5.32 Å². The smallest absolute Gasteiger partial charge is 0.115 e. The molecule has 1 unspecified atom stereocenters. The Morgan fingerprint density at radius 2 is 1.79 bits per heavy atom. The van der Waals surface area contributed by atoms with Crippen molar-refractivity contribution in [3.05, 3.63) is 70.3 Å².